The number of carboxylic acids is 1. The van der Waals surface area contributed by atoms with Crippen LogP contribution in [-0.2, 0) is 6.54 Å². The fourth-order valence-corrected chi connectivity index (χ4v) is 1.64. The third-order valence-electron chi connectivity index (χ3n) is 2.72. The first-order chi connectivity index (χ1) is 9.56. The zero-order valence-corrected chi connectivity index (χ0v) is 10.9. The number of hydrogen-bond acceptors (Lipinski definition) is 4. The van der Waals surface area contributed by atoms with Crippen LogP contribution in [0.1, 0.15) is 16.1 Å². The van der Waals surface area contributed by atoms with Gasteiger partial charge in [-0.3, -0.25) is 9.36 Å². The first-order valence-electron chi connectivity index (χ1n) is 6.05. The Kier molecular flexibility index (Phi) is 4.14. The Labute approximate surface area is 115 Å². The fourth-order valence-electron chi connectivity index (χ4n) is 1.64. The van der Waals surface area contributed by atoms with E-state index in [0.29, 0.717) is 24.6 Å². The molecular weight excluding hydrogens is 260 g/mol. The summed E-state index contributed by atoms with van der Waals surface area (Å²) in [5, 5.41) is 8.77. The molecule has 104 valence electrons. The summed E-state index contributed by atoms with van der Waals surface area (Å²) in [6, 6.07) is 7.56. The molecule has 0 aliphatic heterocycles. The second kappa shape index (κ2) is 6.01. The number of ether oxygens (including phenoxy) is 1. The summed E-state index contributed by atoms with van der Waals surface area (Å²) in [4.78, 5) is 26.3. The van der Waals surface area contributed by atoms with E-state index in [-0.39, 0.29) is 11.1 Å². The molecule has 0 aliphatic rings. The number of aromatic carboxylic acids is 1. The van der Waals surface area contributed by atoms with Crippen molar-refractivity contribution in [1.29, 1.82) is 0 Å². The maximum Gasteiger partial charge on any atom is 0.335 e. The van der Waals surface area contributed by atoms with Crippen molar-refractivity contribution in [3.8, 4) is 5.75 Å². The van der Waals surface area contributed by atoms with Crippen LogP contribution in [0, 0.1) is 6.92 Å². The lowest BCUT2D eigenvalue weighted by atomic mass is 10.2. The highest BCUT2D eigenvalue weighted by atomic mass is 16.5. The van der Waals surface area contributed by atoms with E-state index in [1.165, 1.54) is 29.1 Å². The molecule has 2 aromatic rings. The molecule has 0 spiro atoms. The van der Waals surface area contributed by atoms with Crippen molar-refractivity contribution in [3.63, 3.8) is 0 Å². The van der Waals surface area contributed by atoms with Crippen LogP contribution in [0.15, 0.2) is 41.5 Å². The molecule has 0 bridgehead atoms. The van der Waals surface area contributed by atoms with Gasteiger partial charge < -0.3 is 9.84 Å². The molecule has 1 N–H and O–H groups in total. The van der Waals surface area contributed by atoms with E-state index in [1.54, 1.807) is 19.1 Å². The van der Waals surface area contributed by atoms with Crippen LogP contribution < -0.4 is 10.3 Å². The van der Waals surface area contributed by atoms with Crippen molar-refractivity contribution >= 4 is 5.97 Å². The number of aromatic nitrogens is 2. The van der Waals surface area contributed by atoms with Crippen molar-refractivity contribution in [2.75, 3.05) is 6.61 Å². The summed E-state index contributed by atoms with van der Waals surface area (Å²) in [5.41, 5.74) is 0.759. The van der Waals surface area contributed by atoms with Crippen molar-refractivity contribution in [1.82, 2.24) is 9.55 Å². The zero-order valence-electron chi connectivity index (χ0n) is 10.9. The molecule has 0 aliphatic carbocycles. The lowest BCUT2D eigenvalue weighted by Gasteiger charge is -2.08. The van der Waals surface area contributed by atoms with E-state index in [1.807, 2.05) is 0 Å². The second-order valence-corrected chi connectivity index (χ2v) is 4.24. The average molecular weight is 274 g/mol. The maximum absolute atomic E-state index is 11.6. The molecule has 1 heterocycles. The number of benzene rings is 1. The predicted octanol–water partition coefficient (Wildman–Crippen LogP) is 1.33. The van der Waals surface area contributed by atoms with Crippen LogP contribution in [0.2, 0.25) is 0 Å². The summed E-state index contributed by atoms with van der Waals surface area (Å²) in [6.07, 6.45) is 1.48. The molecule has 6 heteroatoms. The van der Waals surface area contributed by atoms with Crippen molar-refractivity contribution in [2.24, 2.45) is 0 Å². The number of carbonyl (C=O) groups is 1. The van der Waals surface area contributed by atoms with Crippen LogP contribution in [0.5, 0.6) is 5.75 Å². The highest BCUT2D eigenvalue weighted by Gasteiger charge is 2.02. The molecule has 0 saturated heterocycles. The molecule has 0 unspecified atom stereocenters. The topological polar surface area (TPSA) is 81.4 Å². The molecule has 1 aromatic carbocycles. The summed E-state index contributed by atoms with van der Waals surface area (Å²) in [5.74, 6) is -0.419. The third kappa shape index (κ3) is 3.44. The normalized spacial score (nSPS) is 10.2. The van der Waals surface area contributed by atoms with Gasteiger partial charge in [-0.25, -0.2) is 9.78 Å². The molecule has 6 nitrogen and oxygen atoms in total. The van der Waals surface area contributed by atoms with Crippen LogP contribution in [0.4, 0.5) is 0 Å². The van der Waals surface area contributed by atoms with Gasteiger partial charge >= 0.3 is 5.97 Å². The van der Waals surface area contributed by atoms with Crippen molar-refractivity contribution in [3.05, 3.63) is 58.3 Å². The molecule has 0 radical (unpaired) electrons. The van der Waals surface area contributed by atoms with Gasteiger partial charge in [-0.05, 0) is 31.2 Å². The van der Waals surface area contributed by atoms with Crippen LogP contribution >= 0.6 is 0 Å². The molecule has 1 aromatic heterocycles. The van der Waals surface area contributed by atoms with Crippen LogP contribution in [0.25, 0.3) is 0 Å². The molecule has 0 fully saturated rings. The van der Waals surface area contributed by atoms with Crippen molar-refractivity contribution < 1.29 is 14.6 Å². The predicted molar refractivity (Wildman–Crippen MR) is 72.1 cm³/mol. The Bertz CT molecular complexity index is 662. The molecule has 20 heavy (non-hydrogen) atoms. The van der Waals surface area contributed by atoms with Gasteiger partial charge in [0.2, 0.25) is 0 Å². The van der Waals surface area contributed by atoms with Gasteiger partial charge in [0.1, 0.15) is 12.4 Å². The van der Waals surface area contributed by atoms with E-state index >= 15 is 0 Å². The van der Waals surface area contributed by atoms with E-state index in [0.717, 1.165) is 0 Å². The Hall–Kier alpha value is -2.63. The van der Waals surface area contributed by atoms with Gasteiger partial charge in [-0.2, -0.15) is 0 Å². The smallest absolute Gasteiger partial charge is 0.335 e. The quantitative estimate of drug-likeness (QED) is 0.889. The summed E-state index contributed by atoms with van der Waals surface area (Å²) in [7, 11) is 0. The number of carboxylic acid groups (broad SMARTS) is 1. The van der Waals surface area contributed by atoms with E-state index in [9.17, 15) is 9.59 Å². The second-order valence-electron chi connectivity index (χ2n) is 4.24. The number of rotatable bonds is 5. The molecule has 0 amide bonds. The molecular formula is C14H14N2O4. The first kappa shape index (κ1) is 13.8. The van der Waals surface area contributed by atoms with E-state index in [4.69, 9.17) is 9.84 Å². The van der Waals surface area contributed by atoms with Gasteiger partial charge in [-0.15, -0.1) is 0 Å². The molecule has 0 atom stereocenters. The molecule has 2 rings (SSSR count). The number of hydrogen-bond donors (Lipinski definition) is 1. The Morgan fingerprint density at radius 3 is 2.65 bits per heavy atom. The largest absolute Gasteiger partial charge is 0.492 e. The minimum atomic E-state index is -0.978. The zero-order chi connectivity index (χ0) is 14.5. The highest BCUT2D eigenvalue weighted by Crippen LogP contribution is 2.12. The van der Waals surface area contributed by atoms with Gasteiger partial charge in [0.15, 0.2) is 0 Å². The van der Waals surface area contributed by atoms with Crippen LogP contribution in [0.3, 0.4) is 0 Å². The molecule has 0 saturated carbocycles. The Morgan fingerprint density at radius 2 is 2.05 bits per heavy atom. The van der Waals surface area contributed by atoms with Gasteiger partial charge in [0.05, 0.1) is 18.4 Å². The van der Waals surface area contributed by atoms with Gasteiger partial charge in [-0.1, -0.05) is 0 Å². The van der Waals surface area contributed by atoms with Gasteiger partial charge in [0.25, 0.3) is 5.56 Å². The average Bonchev–Trinajstić information content (AvgIpc) is 2.42. The van der Waals surface area contributed by atoms with E-state index < -0.39 is 5.97 Å². The van der Waals surface area contributed by atoms with Crippen molar-refractivity contribution in [2.45, 2.75) is 13.5 Å². The Balaban J connectivity index is 1.92. The minimum Gasteiger partial charge on any atom is -0.492 e. The minimum absolute atomic E-state index is 0.123. The standard InChI is InChI=1S/C14H14N2O4/c1-10-8-13(17)16(9-15-10)6-7-20-12-4-2-11(3-5-12)14(18)19/h2-5,8-9H,6-7H2,1H3,(H,18,19). The van der Waals surface area contributed by atoms with Gasteiger partial charge in [0, 0.05) is 11.8 Å². The lowest BCUT2D eigenvalue weighted by Crippen LogP contribution is -2.23. The fraction of sp³-hybridized carbons (Fsp3) is 0.214. The first-order valence-corrected chi connectivity index (χ1v) is 6.05. The monoisotopic (exact) mass is 274 g/mol. The lowest BCUT2D eigenvalue weighted by molar-refractivity contribution is 0.0697. The number of nitrogens with zero attached hydrogens (tertiary/aromatic N) is 2. The highest BCUT2D eigenvalue weighted by molar-refractivity contribution is 5.87. The van der Waals surface area contributed by atoms with E-state index in [2.05, 4.69) is 4.98 Å². The van der Waals surface area contributed by atoms with Crippen LogP contribution in [-0.4, -0.2) is 27.2 Å². The summed E-state index contributed by atoms with van der Waals surface area (Å²) >= 11 is 0. The SMILES string of the molecule is Cc1cc(=O)n(CCOc2ccc(C(=O)O)cc2)cn1. The maximum atomic E-state index is 11.6. The summed E-state index contributed by atoms with van der Waals surface area (Å²) in [6.45, 7) is 2.44. The number of aryl methyl sites for hydroxylation is 1. The Morgan fingerprint density at radius 1 is 1.35 bits per heavy atom. The summed E-state index contributed by atoms with van der Waals surface area (Å²) < 4.78 is 6.91. The third-order valence-corrected chi connectivity index (χ3v) is 2.72.